The second-order valence-corrected chi connectivity index (χ2v) is 4.47. The summed E-state index contributed by atoms with van der Waals surface area (Å²) in [6.45, 7) is 2.07. The second-order valence-electron chi connectivity index (χ2n) is 4.03. The average Bonchev–Trinajstić information content (AvgIpc) is 2.30. The van der Waals surface area contributed by atoms with Crippen molar-refractivity contribution in [2.24, 2.45) is 0 Å². The molecule has 1 aromatic carbocycles. The normalized spacial score (nSPS) is 12.4. The van der Waals surface area contributed by atoms with Gasteiger partial charge in [0.15, 0.2) is 0 Å². The molecule has 88 valence electrons. The predicted molar refractivity (Wildman–Crippen MR) is 71.3 cm³/mol. The first-order valence-corrected chi connectivity index (χ1v) is 5.94. The monoisotopic (exact) mass is 246 g/mol. The summed E-state index contributed by atoms with van der Waals surface area (Å²) in [4.78, 5) is 4.41. The molecule has 0 spiro atoms. The van der Waals surface area contributed by atoms with Crippen molar-refractivity contribution in [3.05, 3.63) is 64.4 Å². The number of benzene rings is 1. The van der Waals surface area contributed by atoms with E-state index in [-0.39, 0.29) is 6.04 Å². The lowest BCUT2D eigenvalue weighted by Crippen LogP contribution is -2.18. The lowest BCUT2D eigenvalue weighted by molar-refractivity contribution is 0.670. The molecule has 0 saturated carbocycles. The minimum atomic E-state index is 0.0774. The van der Waals surface area contributed by atoms with Crippen LogP contribution in [0.4, 0.5) is 0 Å². The van der Waals surface area contributed by atoms with Gasteiger partial charge in [0.25, 0.3) is 0 Å². The number of pyridine rings is 1. The lowest BCUT2D eigenvalue weighted by atomic mass is 10.0. The molecule has 1 N–H and O–H groups in total. The summed E-state index contributed by atoms with van der Waals surface area (Å²) in [6.07, 6.45) is 1.83. The van der Waals surface area contributed by atoms with E-state index in [9.17, 15) is 0 Å². The Kier molecular flexibility index (Phi) is 3.77. The summed E-state index contributed by atoms with van der Waals surface area (Å²) in [5.74, 6) is 0. The van der Waals surface area contributed by atoms with E-state index < -0.39 is 0 Å². The van der Waals surface area contributed by atoms with Gasteiger partial charge in [-0.3, -0.25) is 4.98 Å². The highest BCUT2D eigenvalue weighted by Gasteiger charge is 2.13. The van der Waals surface area contributed by atoms with E-state index in [1.165, 1.54) is 5.56 Å². The van der Waals surface area contributed by atoms with E-state index in [0.717, 1.165) is 16.3 Å². The van der Waals surface area contributed by atoms with Gasteiger partial charge in [-0.25, -0.2) is 0 Å². The number of rotatable bonds is 3. The van der Waals surface area contributed by atoms with Crippen LogP contribution >= 0.6 is 11.6 Å². The highest BCUT2D eigenvalue weighted by atomic mass is 35.5. The van der Waals surface area contributed by atoms with Gasteiger partial charge in [0.1, 0.15) is 0 Å². The molecule has 1 unspecified atom stereocenters. The molecule has 2 rings (SSSR count). The predicted octanol–water partition coefficient (Wildman–Crippen LogP) is 3.35. The maximum atomic E-state index is 6.02. The largest absolute Gasteiger partial charge is 0.308 e. The van der Waals surface area contributed by atoms with Crippen LogP contribution in [0, 0.1) is 6.92 Å². The maximum Gasteiger partial charge on any atom is 0.0749 e. The van der Waals surface area contributed by atoms with Crippen molar-refractivity contribution in [2.45, 2.75) is 13.0 Å². The van der Waals surface area contributed by atoms with Gasteiger partial charge in [-0.2, -0.15) is 0 Å². The fraction of sp³-hybridized carbons (Fsp3) is 0.214. The molecule has 2 nitrogen and oxygen atoms in total. The van der Waals surface area contributed by atoms with Gasteiger partial charge < -0.3 is 5.32 Å². The van der Waals surface area contributed by atoms with Gasteiger partial charge in [-0.15, -0.1) is 0 Å². The van der Waals surface area contributed by atoms with Crippen molar-refractivity contribution in [2.75, 3.05) is 7.05 Å². The number of nitrogens with zero attached hydrogens (tertiary/aromatic N) is 1. The molecule has 2 aromatic rings. The van der Waals surface area contributed by atoms with Crippen LogP contribution in [0.15, 0.2) is 42.6 Å². The van der Waals surface area contributed by atoms with E-state index in [1.54, 1.807) is 0 Å². The van der Waals surface area contributed by atoms with Crippen molar-refractivity contribution in [3.63, 3.8) is 0 Å². The minimum absolute atomic E-state index is 0.0774. The summed E-state index contributed by atoms with van der Waals surface area (Å²) >= 11 is 6.02. The zero-order chi connectivity index (χ0) is 12.3. The van der Waals surface area contributed by atoms with Crippen LogP contribution in [0.25, 0.3) is 0 Å². The number of aryl methyl sites for hydroxylation is 1. The van der Waals surface area contributed by atoms with E-state index in [0.29, 0.717) is 0 Å². The third-order valence-electron chi connectivity index (χ3n) is 2.70. The highest BCUT2D eigenvalue weighted by molar-refractivity contribution is 6.30. The molecule has 0 amide bonds. The lowest BCUT2D eigenvalue weighted by Gasteiger charge is -2.16. The molecule has 0 fully saturated rings. The Morgan fingerprint density at radius 2 is 2.06 bits per heavy atom. The summed E-state index contributed by atoms with van der Waals surface area (Å²) in [7, 11) is 1.93. The quantitative estimate of drug-likeness (QED) is 0.899. The summed E-state index contributed by atoms with van der Waals surface area (Å²) < 4.78 is 0. The molecular weight excluding hydrogens is 232 g/mol. The average molecular weight is 247 g/mol. The number of hydrogen-bond acceptors (Lipinski definition) is 2. The summed E-state index contributed by atoms with van der Waals surface area (Å²) in [6, 6.07) is 12.0. The summed E-state index contributed by atoms with van der Waals surface area (Å²) in [5, 5.41) is 4.01. The fourth-order valence-electron chi connectivity index (χ4n) is 1.89. The molecule has 0 bridgehead atoms. The van der Waals surface area contributed by atoms with Crippen molar-refractivity contribution in [3.8, 4) is 0 Å². The Morgan fingerprint density at radius 1 is 1.24 bits per heavy atom. The Morgan fingerprint density at radius 3 is 2.71 bits per heavy atom. The van der Waals surface area contributed by atoms with Crippen molar-refractivity contribution in [1.29, 1.82) is 0 Å². The van der Waals surface area contributed by atoms with Gasteiger partial charge in [0, 0.05) is 11.2 Å². The van der Waals surface area contributed by atoms with Crippen LogP contribution in [0.2, 0.25) is 5.02 Å². The first kappa shape index (κ1) is 12.1. The van der Waals surface area contributed by atoms with Gasteiger partial charge in [0.2, 0.25) is 0 Å². The van der Waals surface area contributed by atoms with Gasteiger partial charge >= 0.3 is 0 Å². The molecule has 0 radical (unpaired) electrons. The molecule has 1 aromatic heterocycles. The van der Waals surface area contributed by atoms with Crippen LogP contribution in [0.1, 0.15) is 22.9 Å². The van der Waals surface area contributed by atoms with Gasteiger partial charge in [-0.1, -0.05) is 23.7 Å². The Labute approximate surface area is 107 Å². The number of nitrogens with one attached hydrogen (secondary N) is 1. The topological polar surface area (TPSA) is 24.9 Å². The highest BCUT2D eigenvalue weighted by Crippen LogP contribution is 2.23. The molecular formula is C14H15ClN2. The molecule has 0 aliphatic carbocycles. The van der Waals surface area contributed by atoms with E-state index >= 15 is 0 Å². The Balaban J connectivity index is 2.40. The van der Waals surface area contributed by atoms with Crippen molar-refractivity contribution in [1.82, 2.24) is 10.3 Å². The van der Waals surface area contributed by atoms with Crippen LogP contribution in [0.3, 0.4) is 0 Å². The first-order chi connectivity index (χ1) is 8.20. The SMILES string of the molecule is CNC(c1cccc(Cl)c1)c1cc(C)ccn1. The van der Waals surface area contributed by atoms with Crippen LogP contribution in [0.5, 0.6) is 0 Å². The minimum Gasteiger partial charge on any atom is -0.308 e. The third-order valence-corrected chi connectivity index (χ3v) is 2.94. The number of aromatic nitrogens is 1. The van der Waals surface area contributed by atoms with E-state index in [1.807, 2.05) is 37.5 Å². The van der Waals surface area contributed by atoms with Crippen molar-refractivity contribution >= 4 is 11.6 Å². The molecule has 0 aliphatic heterocycles. The smallest absolute Gasteiger partial charge is 0.0749 e. The Bertz CT molecular complexity index is 466. The fourth-order valence-corrected chi connectivity index (χ4v) is 2.09. The molecule has 1 heterocycles. The zero-order valence-corrected chi connectivity index (χ0v) is 10.7. The Hall–Kier alpha value is -1.38. The van der Waals surface area contributed by atoms with E-state index in [4.69, 9.17) is 11.6 Å². The third kappa shape index (κ3) is 2.84. The van der Waals surface area contributed by atoms with Crippen molar-refractivity contribution < 1.29 is 0 Å². The maximum absolute atomic E-state index is 6.02. The number of halogens is 1. The van der Waals surface area contributed by atoms with Gasteiger partial charge in [0.05, 0.1) is 11.7 Å². The standard InChI is InChI=1S/C14H15ClN2/c1-10-6-7-17-13(8-10)14(16-2)11-4-3-5-12(15)9-11/h3-9,14,16H,1-2H3. The molecule has 0 aliphatic rings. The molecule has 17 heavy (non-hydrogen) atoms. The second kappa shape index (κ2) is 5.30. The molecule has 1 atom stereocenters. The van der Waals surface area contributed by atoms with Gasteiger partial charge in [-0.05, 0) is 49.4 Å². The first-order valence-electron chi connectivity index (χ1n) is 5.56. The molecule has 0 saturated heterocycles. The zero-order valence-electron chi connectivity index (χ0n) is 9.94. The molecule has 3 heteroatoms. The number of hydrogen-bond donors (Lipinski definition) is 1. The van der Waals surface area contributed by atoms with Crippen LogP contribution < -0.4 is 5.32 Å². The van der Waals surface area contributed by atoms with Crippen LogP contribution in [-0.4, -0.2) is 12.0 Å². The summed E-state index contributed by atoms with van der Waals surface area (Å²) in [5.41, 5.74) is 3.34. The van der Waals surface area contributed by atoms with Crippen LogP contribution in [-0.2, 0) is 0 Å². The van der Waals surface area contributed by atoms with E-state index in [2.05, 4.69) is 29.4 Å².